The molecular formula is C19H30O2S. The Hall–Kier alpha value is -0.510. The molecular weight excluding hydrogens is 292 g/mol. The molecule has 1 aliphatic rings. The first kappa shape index (κ1) is 17.8. The van der Waals surface area contributed by atoms with Crippen LogP contribution in [-0.4, -0.2) is 17.8 Å². The summed E-state index contributed by atoms with van der Waals surface area (Å²) in [6.07, 6.45) is 7.65. The summed E-state index contributed by atoms with van der Waals surface area (Å²) >= 11 is 1.83. The van der Waals surface area contributed by atoms with E-state index < -0.39 is 0 Å². The van der Waals surface area contributed by atoms with Crippen molar-refractivity contribution in [1.82, 2.24) is 0 Å². The monoisotopic (exact) mass is 322 g/mol. The Morgan fingerprint density at radius 3 is 2.55 bits per heavy atom. The summed E-state index contributed by atoms with van der Waals surface area (Å²) in [5, 5.41) is 0. The van der Waals surface area contributed by atoms with Gasteiger partial charge in [0.05, 0.1) is 6.10 Å². The summed E-state index contributed by atoms with van der Waals surface area (Å²) in [6.45, 7) is 6.61. The van der Waals surface area contributed by atoms with Crippen molar-refractivity contribution >= 4 is 11.8 Å². The van der Waals surface area contributed by atoms with Gasteiger partial charge in [-0.3, -0.25) is 0 Å². The number of ether oxygens (including phenoxy) is 2. The molecule has 1 saturated heterocycles. The number of unbranched alkanes of at least 4 members (excludes halogenated alkanes) is 3. The van der Waals surface area contributed by atoms with Crippen LogP contribution in [0.25, 0.3) is 0 Å². The number of thioether (sulfide) groups is 1. The molecule has 1 heterocycles. The van der Waals surface area contributed by atoms with Crippen LogP contribution in [0, 0.1) is 5.92 Å². The molecule has 2 nitrogen and oxygen atoms in total. The van der Waals surface area contributed by atoms with Gasteiger partial charge in [-0.1, -0.05) is 76.4 Å². The minimum atomic E-state index is -0.0638. The molecule has 0 spiro atoms. The Balaban J connectivity index is 1.88. The quantitative estimate of drug-likeness (QED) is 0.558. The van der Waals surface area contributed by atoms with E-state index in [9.17, 15) is 0 Å². The van der Waals surface area contributed by atoms with Gasteiger partial charge in [0.25, 0.3) is 0 Å². The molecule has 1 fully saturated rings. The van der Waals surface area contributed by atoms with E-state index in [1.807, 2.05) is 11.8 Å². The highest BCUT2D eigenvalue weighted by atomic mass is 32.2. The van der Waals surface area contributed by atoms with Gasteiger partial charge in [0.2, 0.25) is 0 Å². The largest absolute Gasteiger partial charge is 0.349 e. The summed E-state index contributed by atoms with van der Waals surface area (Å²) < 4.78 is 12.3. The zero-order valence-corrected chi connectivity index (χ0v) is 15.0. The molecule has 3 atom stereocenters. The van der Waals surface area contributed by atoms with Crippen LogP contribution in [0.3, 0.4) is 0 Å². The lowest BCUT2D eigenvalue weighted by atomic mass is 10.1. The normalized spacial score (nSPS) is 25.5. The van der Waals surface area contributed by atoms with Crippen molar-refractivity contribution in [3.8, 4) is 0 Å². The SMILES string of the molecule is CCCCCC[C@H]1C[C@@H](Sc2ccccc2)O[C@@H](C(C)C)O1. The lowest BCUT2D eigenvalue weighted by Gasteiger charge is -2.37. The average Bonchev–Trinajstić information content (AvgIpc) is 2.52. The second-order valence-electron chi connectivity index (χ2n) is 6.45. The maximum atomic E-state index is 6.16. The minimum Gasteiger partial charge on any atom is -0.349 e. The molecule has 22 heavy (non-hydrogen) atoms. The number of hydrogen-bond acceptors (Lipinski definition) is 3. The summed E-state index contributed by atoms with van der Waals surface area (Å²) in [7, 11) is 0. The fraction of sp³-hybridized carbons (Fsp3) is 0.684. The first-order valence-electron chi connectivity index (χ1n) is 8.71. The van der Waals surface area contributed by atoms with E-state index >= 15 is 0 Å². The Bertz CT molecular complexity index is 407. The van der Waals surface area contributed by atoms with E-state index in [0.29, 0.717) is 12.0 Å². The van der Waals surface area contributed by atoms with Crippen LogP contribution >= 0.6 is 11.8 Å². The van der Waals surface area contributed by atoms with Crippen LogP contribution < -0.4 is 0 Å². The van der Waals surface area contributed by atoms with Gasteiger partial charge in [0, 0.05) is 17.2 Å². The molecule has 3 heteroatoms. The first-order valence-corrected chi connectivity index (χ1v) is 9.59. The molecule has 0 N–H and O–H groups in total. The average molecular weight is 323 g/mol. The molecule has 0 aromatic heterocycles. The Morgan fingerprint density at radius 1 is 1.09 bits per heavy atom. The summed E-state index contributed by atoms with van der Waals surface area (Å²) in [5.74, 6) is 0.400. The molecule has 0 saturated carbocycles. The van der Waals surface area contributed by atoms with Gasteiger partial charge in [0.1, 0.15) is 5.44 Å². The highest BCUT2D eigenvalue weighted by Gasteiger charge is 2.32. The highest BCUT2D eigenvalue weighted by molar-refractivity contribution is 7.99. The predicted molar refractivity (Wildman–Crippen MR) is 94.0 cm³/mol. The lowest BCUT2D eigenvalue weighted by molar-refractivity contribution is -0.240. The van der Waals surface area contributed by atoms with E-state index in [-0.39, 0.29) is 11.7 Å². The predicted octanol–water partition coefficient (Wildman–Crippen LogP) is 5.86. The van der Waals surface area contributed by atoms with Crippen LogP contribution in [0.1, 0.15) is 59.3 Å². The highest BCUT2D eigenvalue weighted by Crippen LogP contribution is 2.35. The molecule has 1 aromatic rings. The second kappa shape index (κ2) is 9.59. The topological polar surface area (TPSA) is 18.5 Å². The van der Waals surface area contributed by atoms with E-state index in [1.165, 1.54) is 37.0 Å². The summed E-state index contributed by atoms with van der Waals surface area (Å²) in [5.41, 5.74) is 0.208. The van der Waals surface area contributed by atoms with E-state index in [0.717, 1.165) is 6.42 Å². The van der Waals surface area contributed by atoms with Crippen molar-refractivity contribution in [2.24, 2.45) is 5.92 Å². The Morgan fingerprint density at radius 2 is 1.86 bits per heavy atom. The third kappa shape index (κ3) is 5.94. The van der Waals surface area contributed by atoms with Crippen molar-refractivity contribution in [2.75, 3.05) is 0 Å². The number of rotatable bonds is 8. The number of benzene rings is 1. The molecule has 0 unspecified atom stereocenters. The lowest BCUT2D eigenvalue weighted by Crippen LogP contribution is -2.39. The van der Waals surface area contributed by atoms with Crippen LogP contribution in [0.4, 0.5) is 0 Å². The fourth-order valence-corrected chi connectivity index (χ4v) is 3.82. The second-order valence-corrected chi connectivity index (χ2v) is 7.68. The molecule has 0 aliphatic carbocycles. The fourth-order valence-electron chi connectivity index (χ4n) is 2.72. The van der Waals surface area contributed by atoms with Crippen LogP contribution in [0.5, 0.6) is 0 Å². The van der Waals surface area contributed by atoms with Crippen molar-refractivity contribution in [3.05, 3.63) is 30.3 Å². The van der Waals surface area contributed by atoms with Crippen LogP contribution in [0.2, 0.25) is 0 Å². The third-order valence-electron chi connectivity index (χ3n) is 4.00. The maximum Gasteiger partial charge on any atom is 0.161 e. The zero-order valence-electron chi connectivity index (χ0n) is 14.2. The van der Waals surface area contributed by atoms with Crippen molar-refractivity contribution in [2.45, 2.75) is 82.0 Å². The Labute approximate surface area is 140 Å². The third-order valence-corrected chi connectivity index (χ3v) is 5.11. The van der Waals surface area contributed by atoms with E-state index in [1.54, 1.807) is 0 Å². The van der Waals surface area contributed by atoms with E-state index in [4.69, 9.17) is 9.47 Å². The van der Waals surface area contributed by atoms with Gasteiger partial charge in [0.15, 0.2) is 6.29 Å². The zero-order chi connectivity index (χ0) is 15.8. The molecule has 1 aromatic carbocycles. The minimum absolute atomic E-state index is 0.0638. The van der Waals surface area contributed by atoms with Gasteiger partial charge < -0.3 is 9.47 Å². The number of hydrogen-bond donors (Lipinski definition) is 0. The summed E-state index contributed by atoms with van der Waals surface area (Å²) in [4.78, 5) is 1.28. The molecule has 0 radical (unpaired) electrons. The molecule has 2 rings (SSSR count). The molecule has 0 amide bonds. The van der Waals surface area contributed by atoms with E-state index in [2.05, 4.69) is 51.1 Å². The van der Waals surface area contributed by atoms with Crippen molar-refractivity contribution in [1.29, 1.82) is 0 Å². The summed E-state index contributed by atoms with van der Waals surface area (Å²) in [6, 6.07) is 10.5. The maximum absolute atomic E-state index is 6.16. The van der Waals surface area contributed by atoms with Crippen LogP contribution in [0.15, 0.2) is 35.2 Å². The smallest absolute Gasteiger partial charge is 0.161 e. The Kier molecular flexibility index (Phi) is 7.77. The van der Waals surface area contributed by atoms with Crippen LogP contribution in [-0.2, 0) is 9.47 Å². The van der Waals surface area contributed by atoms with Gasteiger partial charge in [-0.2, -0.15) is 0 Å². The van der Waals surface area contributed by atoms with Crippen molar-refractivity contribution < 1.29 is 9.47 Å². The van der Waals surface area contributed by atoms with Gasteiger partial charge in [-0.15, -0.1) is 0 Å². The molecule has 1 aliphatic heterocycles. The van der Waals surface area contributed by atoms with Crippen molar-refractivity contribution in [3.63, 3.8) is 0 Å². The molecule has 124 valence electrons. The first-order chi connectivity index (χ1) is 10.7. The standard InChI is InChI=1S/C19H30O2S/c1-4-5-6-8-11-16-14-18(21-19(20-16)15(2)3)22-17-12-9-7-10-13-17/h7,9-10,12-13,15-16,18-19H,4-6,8,11,14H2,1-3H3/t16-,18+,19-/m0/s1. The van der Waals surface area contributed by atoms with Gasteiger partial charge in [-0.25, -0.2) is 0 Å². The molecule has 0 bridgehead atoms. The van der Waals surface area contributed by atoms with Gasteiger partial charge >= 0.3 is 0 Å². The van der Waals surface area contributed by atoms with Gasteiger partial charge in [-0.05, 0) is 18.6 Å².